The number of amides is 2. The van der Waals surface area contributed by atoms with E-state index >= 15 is 0 Å². The molecule has 11 nitrogen and oxygen atoms in total. The second kappa shape index (κ2) is 11.4. The number of azide groups is 1. The van der Waals surface area contributed by atoms with E-state index in [1.807, 2.05) is 6.07 Å². The highest BCUT2D eigenvalue weighted by Crippen LogP contribution is 2.09. The Morgan fingerprint density at radius 2 is 1.76 bits per heavy atom. The van der Waals surface area contributed by atoms with Crippen molar-refractivity contribution in [3.8, 4) is 0 Å². The number of benzene rings is 1. The zero-order chi connectivity index (χ0) is 21.9. The molecular formula is C18H25N5O6. The number of nitrogens with zero attached hydrogens (tertiary/aromatic N) is 3. The predicted molar refractivity (Wildman–Crippen MR) is 103 cm³/mol. The van der Waals surface area contributed by atoms with E-state index in [0.29, 0.717) is 0 Å². The molecule has 0 saturated heterocycles. The molecule has 0 aliphatic carbocycles. The van der Waals surface area contributed by atoms with Crippen LogP contribution in [0.1, 0.15) is 32.8 Å². The fourth-order valence-corrected chi connectivity index (χ4v) is 2.26. The van der Waals surface area contributed by atoms with Crippen LogP contribution in [0, 0.1) is 0 Å². The van der Waals surface area contributed by atoms with Gasteiger partial charge in [0.15, 0.2) is 0 Å². The molecule has 0 aliphatic rings. The second-order valence-electron chi connectivity index (χ2n) is 7.08. The SMILES string of the molecule is CC(C)(C)OC(=O)N[C@H](CN=[N+]=[N-])[C@@H](CC(=O)O)NC(=O)OCc1ccccc1. The Morgan fingerprint density at radius 1 is 1.14 bits per heavy atom. The van der Waals surface area contributed by atoms with Gasteiger partial charge >= 0.3 is 18.2 Å². The molecule has 0 spiro atoms. The number of alkyl carbamates (subject to hydrolysis) is 2. The van der Waals surface area contributed by atoms with Gasteiger partial charge in [-0.15, -0.1) is 0 Å². The number of ether oxygens (including phenoxy) is 2. The molecule has 0 unspecified atom stereocenters. The Hall–Kier alpha value is -3.46. The van der Waals surface area contributed by atoms with Crippen LogP contribution in [0.3, 0.4) is 0 Å². The number of nitrogens with one attached hydrogen (secondary N) is 2. The summed E-state index contributed by atoms with van der Waals surface area (Å²) in [7, 11) is 0. The minimum atomic E-state index is -1.23. The van der Waals surface area contributed by atoms with E-state index in [1.54, 1.807) is 45.0 Å². The van der Waals surface area contributed by atoms with Crippen LogP contribution in [0.4, 0.5) is 9.59 Å². The topological polar surface area (TPSA) is 163 Å². The normalized spacial score (nSPS) is 12.7. The molecule has 0 aliphatic heterocycles. The number of carbonyl (C=O) groups is 3. The van der Waals surface area contributed by atoms with Crippen molar-refractivity contribution in [1.29, 1.82) is 0 Å². The maximum absolute atomic E-state index is 12.1. The van der Waals surface area contributed by atoms with Crippen LogP contribution in [0.2, 0.25) is 0 Å². The number of carboxylic acid groups (broad SMARTS) is 1. The van der Waals surface area contributed by atoms with Crippen molar-refractivity contribution in [3.63, 3.8) is 0 Å². The molecule has 3 N–H and O–H groups in total. The Balaban J connectivity index is 2.84. The maximum atomic E-state index is 12.1. The zero-order valence-electron chi connectivity index (χ0n) is 16.5. The van der Waals surface area contributed by atoms with Gasteiger partial charge in [0, 0.05) is 11.5 Å². The number of aliphatic carboxylic acids is 1. The van der Waals surface area contributed by atoms with Gasteiger partial charge in [-0.05, 0) is 31.9 Å². The van der Waals surface area contributed by atoms with Crippen molar-refractivity contribution in [2.24, 2.45) is 5.11 Å². The molecule has 0 heterocycles. The molecule has 11 heteroatoms. The van der Waals surface area contributed by atoms with Crippen molar-refractivity contribution in [2.45, 2.75) is 51.5 Å². The van der Waals surface area contributed by atoms with E-state index in [-0.39, 0.29) is 13.2 Å². The molecule has 0 aromatic heterocycles. The standard InChI is InChI=1S/C18H25N5O6/c1-18(2,3)29-17(27)22-14(10-20-23-19)13(9-15(24)25)21-16(26)28-11-12-7-5-4-6-8-12/h4-8,13-14H,9-11H2,1-3H3,(H,21,26)(H,22,27)(H,24,25)/t13-,14-/m1/s1. The van der Waals surface area contributed by atoms with Gasteiger partial charge in [-0.25, -0.2) is 9.59 Å². The van der Waals surface area contributed by atoms with Gasteiger partial charge in [0.1, 0.15) is 12.2 Å². The van der Waals surface area contributed by atoms with Gasteiger partial charge in [0.05, 0.1) is 18.5 Å². The molecular weight excluding hydrogens is 382 g/mol. The van der Waals surface area contributed by atoms with E-state index in [1.165, 1.54) is 0 Å². The summed E-state index contributed by atoms with van der Waals surface area (Å²) in [6.45, 7) is 4.65. The molecule has 0 fully saturated rings. The van der Waals surface area contributed by atoms with Crippen LogP contribution in [-0.2, 0) is 20.9 Å². The lowest BCUT2D eigenvalue weighted by Gasteiger charge is -2.28. The Bertz CT molecular complexity index is 743. The number of carbonyl (C=O) groups excluding carboxylic acids is 2. The number of carboxylic acids is 1. The summed E-state index contributed by atoms with van der Waals surface area (Å²) in [5.41, 5.74) is 8.53. The van der Waals surface area contributed by atoms with E-state index in [0.717, 1.165) is 5.56 Å². The predicted octanol–water partition coefficient (Wildman–Crippen LogP) is 2.96. The van der Waals surface area contributed by atoms with Crippen LogP contribution < -0.4 is 10.6 Å². The highest BCUT2D eigenvalue weighted by Gasteiger charge is 2.29. The monoisotopic (exact) mass is 407 g/mol. The molecule has 0 bridgehead atoms. The third-order valence-electron chi connectivity index (χ3n) is 3.44. The van der Waals surface area contributed by atoms with E-state index in [4.69, 9.17) is 20.1 Å². The second-order valence-corrected chi connectivity index (χ2v) is 7.08. The Labute approximate surface area is 168 Å². The van der Waals surface area contributed by atoms with E-state index in [9.17, 15) is 14.4 Å². The maximum Gasteiger partial charge on any atom is 0.407 e. The summed E-state index contributed by atoms with van der Waals surface area (Å²) in [5, 5.41) is 17.4. The number of hydrogen-bond donors (Lipinski definition) is 3. The first-order chi connectivity index (χ1) is 13.6. The number of hydrogen-bond acceptors (Lipinski definition) is 6. The quantitative estimate of drug-likeness (QED) is 0.324. The Morgan fingerprint density at radius 3 is 2.31 bits per heavy atom. The van der Waals surface area contributed by atoms with Gasteiger partial charge in [0.2, 0.25) is 0 Å². The van der Waals surface area contributed by atoms with Crippen LogP contribution in [0.5, 0.6) is 0 Å². The van der Waals surface area contributed by atoms with Gasteiger partial charge in [-0.1, -0.05) is 35.4 Å². The summed E-state index contributed by atoms with van der Waals surface area (Å²) in [6.07, 6.45) is -2.26. The van der Waals surface area contributed by atoms with Crippen molar-refractivity contribution in [1.82, 2.24) is 10.6 Å². The molecule has 2 atom stereocenters. The summed E-state index contributed by atoms with van der Waals surface area (Å²) in [6, 6.07) is 6.77. The highest BCUT2D eigenvalue weighted by atomic mass is 16.6. The van der Waals surface area contributed by atoms with Crippen molar-refractivity contribution in [3.05, 3.63) is 46.3 Å². The molecule has 29 heavy (non-hydrogen) atoms. The van der Waals surface area contributed by atoms with Crippen LogP contribution in [-0.4, -0.2) is 47.5 Å². The smallest absolute Gasteiger partial charge is 0.407 e. The lowest BCUT2D eigenvalue weighted by atomic mass is 10.1. The summed E-state index contributed by atoms with van der Waals surface area (Å²) in [4.78, 5) is 38.0. The van der Waals surface area contributed by atoms with Gasteiger partial charge in [-0.2, -0.15) is 0 Å². The minimum Gasteiger partial charge on any atom is -0.481 e. The molecule has 1 rings (SSSR count). The zero-order valence-corrected chi connectivity index (χ0v) is 16.5. The molecule has 0 saturated carbocycles. The fourth-order valence-electron chi connectivity index (χ4n) is 2.26. The first-order valence-corrected chi connectivity index (χ1v) is 8.80. The fraction of sp³-hybridized carbons (Fsp3) is 0.500. The number of rotatable bonds is 9. The van der Waals surface area contributed by atoms with Gasteiger partial charge in [0.25, 0.3) is 0 Å². The van der Waals surface area contributed by atoms with Crippen molar-refractivity contribution in [2.75, 3.05) is 6.54 Å². The summed E-state index contributed by atoms with van der Waals surface area (Å²) >= 11 is 0. The van der Waals surface area contributed by atoms with Crippen LogP contribution >= 0.6 is 0 Å². The first-order valence-electron chi connectivity index (χ1n) is 8.80. The van der Waals surface area contributed by atoms with Gasteiger partial charge < -0.3 is 25.2 Å². The lowest BCUT2D eigenvalue weighted by Crippen LogP contribution is -2.54. The summed E-state index contributed by atoms with van der Waals surface area (Å²) in [5.74, 6) is -1.23. The first kappa shape index (κ1) is 23.6. The van der Waals surface area contributed by atoms with Crippen LogP contribution in [0.15, 0.2) is 35.4 Å². The largest absolute Gasteiger partial charge is 0.481 e. The molecule has 0 radical (unpaired) electrons. The van der Waals surface area contributed by atoms with Crippen LogP contribution in [0.25, 0.3) is 10.4 Å². The van der Waals surface area contributed by atoms with Gasteiger partial charge in [-0.3, -0.25) is 4.79 Å². The van der Waals surface area contributed by atoms with E-state index in [2.05, 4.69) is 20.7 Å². The molecule has 158 valence electrons. The molecule has 1 aromatic rings. The highest BCUT2D eigenvalue weighted by molar-refractivity contribution is 5.73. The van der Waals surface area contributed by atoms with Crippen molar-refractivity contribution < 1.29 is 29.0 Å². The average Bonchev–Trinajstić information content (AvgIpc) is 2.62. The average molecular weight is 407 g/mol. The Kier molecular flexibility index (Phi) is 9.27. The van der Waals surface area contributed by atoms with E-state index < -0.39 is 42.3 Å². The summed E-state index contributed by atoms with van der Waals surface area (Å²) < 4.78 is 10.2. The molecule has 2 amide bonds. The third-order valence-corrected chi connectivity index (χ3v) is 3.44. The third kappa shape index (κ3) is 10.5. The lowest BCUT2D eigenvalue weighted by molar-refractivity contribution is -0.137. The van der Waals surface area contributed by atoms with Crippen molar-refractivity contribution >= 4 is 18.2 Å². The minimum absolute atomic E-state index is 0.0209. The molecule has 1 aromatic carbocycles.